The Hall–Kier alpha value is -5.21. The van der Waals surface area contributed by atoms with Crippen molar-refractivity contribution < 1.29 is 51.6 Å². The van der Waals surface area contributed by atoms with E-state index in [1.54, 1.807) is 37.3 Å². The molecule has 0 spiro atoms. The molecular weight excluding hydrogens is 686 g/mol. The summed E-state index contributed by atoms with van der Waals surface area (Å²) in [6.07, 6.45) is -6.29. The van der Waals surface area contributed by atoms with Crippen molar-refractivity contribution in [2.45, 2.75) is 63.6 Å². The van der Waals surface area contributed by atoms with Gasteiger partial charge in [0.05, 0.1) is 36.7 Å². The van der Waals surface area contributed by atoms with Crippen LogP contribution in [0.15, 0.2) is 84.9 Å². The normalized spacial score (nSPS) is 14.3. The monoisotopic (exact) mass is 727 g/mol. The van der Waals surface area contributed by atoms with Crippen molar-refractivity contribution in [1.82, 2.24) is 15.6 Å². The van der Waals surface area contributed by atoms with Gasteiger partial charge in [-0.2, -0.15) is 13.2 Å². The minimum Gasteiger partial charge on any atom is -0.493 e. The third kappa shape index (κ3) is 9.76. The van der Waals surface area contributed by atoms with Crippen LogP contribution in [0.5, 0.6) is 11.5 Å². The first-order chi connectivity index (χ1) is 24.6. The highest BCUT2D eigenvalue weighted by molar-refractivity contribution is 5.95. The maximum Gasteiger partial charge on any atom is 0.424 e. The van der Waals surface area contributed by atoms with Crippen molar-refractivity contribution in [1.29, 1.82) is 0 Å². The summed E-state index contributed by atoms with van der Waals surface area (Å²) in [7, 11) is 1.30. The fraction of sp³-hybridized carbons (Fsp3) is 0.342. The van der Waals surface area contributed by atoms with Gasteiger partial charge < -0.3 is 35.1 Å². The number of aromatic nitrogens is 1. The maximum atomic E-state index is 15.0. The lowest BCUT2D eigenvalue weighted by atomic mass is 9.84. The van der Waals surface area contributed by atoms with E-state index in [1.165, 1.54) is 50.4 Å². The molecule has 278 valence electrons. The molecule has 0 aliphatic carbocycles. The highest BCUT2D eigenvalue weighted by Gasteiger charge is 2.57. The van der Waals surface area contributed by atoms with E-state index in [-0.39, 0.29) is 53.5 Å². The van der Waals surface area contributed by atoms with E-state index >= 15 is 0 Å². The minimum absolute atomic E-state index is 0.0548. The van der Waals surface area contributed by atoms with Gasteiger partial charge in [0.2, 0.25) is 5.60 Å². The molecule has 4 N–H and O–H groups in total. The predicted molar refractivity (Wildman–Crippen MR) is 184 cm³/mol. The summed E-state index contributed by atoms with van der Waals surface area (Å²) in [6, 6.07) is 20.1. The number of nitrogens with zero attached hydrogens (tertiary/aromatic N) is 1. The van der Waals surface area contributed by atoms with Gasteiger partial charge in [-0.3, -0.25) is 4.79 Å². The molecule has 0 radical (unpaired) electrons. The van der Waals surface area contributed by atoms with Gasteiger partial charge in [-0.1, -0.05) is 43.7 Å². The number of amides is 2. The smallest absolute Gasteiger partial charge is 0.424 e. The van der Waals surface area contributed by atoms with E-state index in [9.17, 15) is 37.4 Å². The quantitative estimate of drug-likeness (QED) is 0.0984. The Morgan fingerprint density at radius 3 is 2.27 bits per heavy atom. The van der Waals surface area contributed by atoms with E-state index in [0.717, 1.165) is 23.8 Å². The van der Waals surface area contributed by atoms with E-state index in [1.807, 2.05) is 6.92 Å². The topological polar surface area (TPSA) is 139 Å². The first-order valence-corrected chi connectivity index (χ1v) is 16.4. The first-order valence-electron chi connectivity index (χ1n) is 16.4. The highest BCUT2D eigenvalue weighted by atomic mass is 19.4. The lowest BCUT2D eigenvalue weighted by Gasteiger charge is -2.34. The van der Waals surface area contributed by atoms with Crippen molar-refractivity contribution in [3.05, 3.63) is 113 Å². The molecule has 10 nitrogen and oxygen atoms in total. The Morgan fingerprint density at radius 1 is 0.962 bits per heavy atom. The number of nitrogens with one attached hydrogen (secondary N) is 2. The molecule has 3 aromatic carbocycles. The molecular formula is C38H41F4N3O7. The molecule has 2 amide bonds. The summed E-state index contributed by atoms with van der Waals surface area (Å²) >= 11 is 0. The molecule has 0 fully saturated rings. The zero-order valence-corrected chi connectivity index (χ0v) is 29.1. The van der Waals surface area contributed by atoms with Gasteiger partial charge in [-0.05, 0) is 86.0 Å². The molecule has 4 aromatic rings. The Labute approximate surface area is 298 Å². The number of halogens is 4. The number of hydrogen-bond acceptors (Lipinski definition) is 8. The average molecular weight is 728 g/mol. The number of methoxy groups -OCH3 is 1. The van der Waals surface area contributed by atoms with Crippen molar-refractivity contribution in [3.8, 4) is 22.8 Å². The second-order valence-corrected chi connectivity index (χ2v) is 12.5. The third-order valence-electron chi connectivity index (χ3n) is 8.25. The molecule has 3 atom stereocenters. The van der Waals surface area contributed by atoms with E-state index in [2.05, 4.69) is 15.6 Å². The number of ether oxygens (including phenoxy) is 3. The number of aliphatic hydroxyl groups is 2. The Morgan fingerprint density at radius 2 is 1.65 bits per heavy atom. The molecule has 0 aliphatic rings. The van der Waals surface area contributed by atoms with Gasteiger partial charge in [0, 0.05) is 11.1 Å². The molecule has 52 heavy (non-hydrogen) atoms. The Balaban J connectivity index is 1.72. The average Bonchev–Trinajstić information content (AvgIpc) is 3.12. The Kier molecular flexibility index (Phi) is 12.8. The molecule has 14 heteroatoms. The van der Waals surface area contributed by atoms with Gasteiger partial charge in [0.1, 0.15) is 19.0 Å². The predicted octanol–water partition coefficient (Wildman–Crippen LogP) is 6.78. The summed E-state index contributed by atoms with van der Waals surface area (Å²) in [5, 5.41) is 25.9. The van der Waals surface area contributed by atoms with Crippen LogP contribution in [0.3, 0.4) is 0 Å². The zero-order valence-electron chi connectivity index (χ0n) is 29.1. The van der Waals surface area contributed by atoms with Crippen LogP contribution >= 0.6 is 0 Å². The maximum absolute atomic E-state index is 15.0. The molecule has 0 saturated carbocycles. The van der Waals surface area contributed by atoms with Crippen LogP contribution in [0.2, 0.25) is 0 Å². The minimum atomic E-state index is -5.37. The molecule has 1 aromatic heterocycles. The lowest BCUT2D eigenvalue weighted by Crippen LogP contribution is -2.52. The number of aliphatic hydroxyl groups excluding tert-OH is 1. The Bertz CT molecular complexity index is 1820. The molecule has 4 rings (SSSR count). The van der Waals surface area contributed by atoms with Gasteiger partial charge >= 0.3 is 12.3 Å². The van der Waals surface area contributed by atoms with Crippen molar-refractivity contribution >= 4 is 12.0 Å². The fourth-order valence-electron chi connectivity index (χ4n) is 5.38. The molecule has 0 bridgehead atoms. The number of alkyl carbamates (subject to hydrolysis) is 1. The number of hydrogen-bond donors (Lipinski definition) is 4. The largest absolute Gasteiger partial charge is 0.493 e. The van der Waals surface area contributed by atoms with Crippen LogP contribution in [-0.2, 0) is 22.5 Å². The third-order valence-corrected chi connectivity index (χ3v) is 8.25. The molecule has 1 heterocycles. The second kappa shape index (κ2) is 16.9. The number of carbonyl (C=O) groups excluding carboxylic acids is 2. The molecule has 0 aliphatic heterocycles. The van der Waals surface area contributed by atoms with E-state index in [0.29, 0.717) is 6.42 Å². The second-order valence-electron chi connectivity index (χ2n) is 12.5. The van der Waals surface area contributed by atoms with Crippen LogP contribution in [-0.4, -0.2) is 59.7 Å². The van der Waals surface area contributed by atoms with Gasteiger partial charge in [0.25, 0.3) is 5.91 Å². The molecule has 0 saturated heterocycles. The number of pyridine rings is 1. The first kappa shape index (κ1) is 39.6. The summed E-state index contributed by atoms with van der Waals surface area (Å²) < 4.78 is 74.8. The highest BCUT2D eigenvalue weighted by Crippen LogP contribution is 2.41. The van der Waals surface area contributed by atoms with Crippen LogP contribution < -0.4 is 20.1 Å². The van der Waals surface area contributed by atoms with Gasteiger partial charge in [-0.15, -0.1) is 0 Å². The van der Waals surface area contributed by atoms with Gasteiger partial charge in [-0.25, -0.2) is 14.2 Å². The standard InChI is InChI=1S/C38H41F4N3O7/c1-5-17-36(3,45-35(48)52-22-25-9-7-6-8-10-25)28-19-30(26-11-14-29(39)15-12-26)44-33(20-28)37(49,38(40,41)42)23-43-34(47)27-13-16-31(32(18-27)50-4)51-21-24(2)46/h6-16,18-20,24,46,49H,5,17,21-23H2,1-4H3,(H,43,47)(H,45,48)/t24-,36+,37?/m1/s1. The van der Waals surface area contributed by atoms with Crippen LogP contribution in [0.1, 0.15) is 60.8 Å². The van der Waals surface area contributed by atoms with Gasteiger partial charge in [0.15, 0.2) is 11.5 Å². The summed E-state index contributed by atoms with van der Waals surface area (Å²) in [5.74, 6) is -1.29. The summed E-state index contributed by atoms with van der Waals surface area (Å²) in [4.78, 5) is 30.4. The summed E-state index contributed by atoms with van der Waals surface area (Å²) in [5.41, 5.74) is -5.02. The molecule has 1 unspecified atom stereocenters. The van der Waals surface area contributed by atoms with Crippen molar-refractivity contribution in [3.63, 3.8) is 0 Å². The lowest BCUT2D eigenvalue weighted by molar-refractivity contribution is -0.265. The zero-order chi connectivity index (χ0) is 38.1. The fourth-order valence-corrected chi connectivity index (χ4v) is 5.38. The van der Waals surface area contributed by atoms with Crippen LogP contribution in [0.25, 0.3) is 11.3 Å². The SMILES string of the molecule is CCC[C@](C)(NC(=O)OCc1ccccc1)c1cc(-c2ccc(F)cc2)nc(C(O)(CNC(=O)c2ccc(OC[C@@H](C)O)c(OC)c2)C(F)(F)F)c1. The van der Waals surface area contributed by atoms with E-state index in [4.69, 9.17) is 14.2 Å². The van der Waals surface area contributed by atoms with Crippen molar-refractivity contribution in [2.24, 2.45) is 0 Å². The number of rotatable bonds is 15. The van der Waals surface area contributed by atoms with E-state index < -0.39 is 53.5 Å². The number of alkyl halides is 3. The summed E-state index contributed by atoms with van der Waals surface area (Å²) in [6.45, 7) is 3.44. The van der Waals surface area contributed by atoms with Crippen molar-refractivity contribution in [2.75, 3.05) is 20.3 Å². The number of benzene rings is 3. The van der Waals surface area contributed by atoms with Crippen LogP contribution in [0, 0.1) is 5.82 Å². The van der Waals surface area contributed by atoms with Crippen LogP contribution in [0.4, 0.5) is 22.4 Å². The number of carbonyl (C=O) groups is 2.